The van der Waals surface area contributed by atoms with Crippen LogP contribution in [0.2, 0.25) is 5.02 Å². The summed E-state index contributed by atoms with van der Waals surface area (Å²) in [5, 5.41) is 5.00. The van der Waals surface area contributed by atoms with Crippen molar-refractivity contribution < 1.29 is 0 Å². The summed E-state index contributed by atoms with van der Waals surface area (Å²) in [5.74, 6) is 0. The molecule has 1 aromatic heterocycles. The highest BCUT2D eigenvalue weighted by molar-refractivity contribution is 6.35. The minimum Gasteiger partial charge on any atom is -0.399 e. The van der Waals surface area contributed by atoms with E-state index in [4.69, 9.17) is 17.3 Å². The number of halogens is 1. The number of nitrogens with one attached hydrogen (secondary N) is 1. The zero-order valence-electron chi connectivity index (χ0n) is 11.0. The van der Waals surface area contributed by atoms with Gasteiger partial charge in [-0.05, 0) is 55.0 Å². The molecular formula is C16H14ClN3. The van der Waals surface area contributed by atoms with Crippen molar-refractivity contribution in [2.75, 3.05) is 11.1 Å². The molecule has 0 unspecified atom stereocenters. The van der Waals surface area contributed by atoms with Gasteiger partial charge in [0.05, 0.1) is 16.2 Å². The maximum atomic E-state index is 6.19. The van der Waals surface area contributed by atoms with Crippen molar-refractivity contribution in [1.29, 1.82) is 0 Å². The summed E-state index contributed by atoms with van der Waals surface area (Å²) < 4.78 is 0. The van der Waals surface area contributed by atoms with Crippen molar-refractivity contribution in [2.45, 2.75) is 6.92 Å². The molecule has 0 aliphatic rings. The molecule has 0 bridgehead atoms. The van der Waals surface area contributed by atoms with Crippen LogP contribution >= 0.6 is 11.6 Å². The van der Waals surface area contributed by atoms with E-state index in [2.05, 4.69) is 10.3 Å². The zero-order chi connectivity index (χ0) is 14.1. The van der Waals surface area contributed by atoms with Gasteiger partial charge < -0.3 is 11.1 Å². The van der Waals surface area contributed by atoms with Crippen LogP contribution in [-0.4, -0.2) is 4.98 Å². The number of benzene rings is 2. The number of hydrogen-bond acceptors (Lipinski definition) is 3. The zero-order valence-corrected chi connectivity index (χ0v) is 11.8. The Labute approximate surface area is 122 Å². The topological polar surface area (TPSA) is 50.9 Å². The standard InChI is InChI=1S/C16H14ClN3/c1-10-9-11(4-6-14(10)18)20-15-7-5-13(17)12-3-2-8-19-16(12)15/h2-9,20H,18H2,1H3. The molecule has 0 atom stereocenters. The molecule has 0 saturated carbocycles. The lowest BCUT2D eigenvalue weighted by Gasteiger charge is -2.11. The first kappa shape index (κ1) is 12.8. The Bertz CT molecular complexity index is 784. The summed E-state index contributed by atoms with van der Waals surface area (Å²) in [5.41, 5.74) is 10.4. The van der Waals surface area contributed by atoms with Crippen molar-refractivity contribution in [2.24, 2.45) is 0 Å². The number of nitrogen functional groups attached to an aromatic ring is 1. The normalized spacial score (nSPS) is 10.7. The van der Waals surface area contributed by atoms with Crippen LogP contribution in [0.1, 0.15) is 5.56 Å². The number of pyridine rings is 1. The number of fused-ring (bicyclic) bond motifs is 1. The van der Waals surface area contributed by atoms with E-state index in [1.54, 1.807) is 6.20 Å². The van der Waals surface area contributed by atoms with Gasteiger partial charge in [0.25, 0.3) is 0 Å². The Kier molecular flexibility index (Phi) is 3.20. The molecule has 0 saturated heterocycles. The number of aromatic nitrogens is 1. The fraction of sp³-hybridized carbons (Fsp3) is 0.0625. The Morgan fingerprint density at radius 1 is 1.15 bits per heavy atom. The Morgan fingerprint density at radius 3 is 2.80 bits per heavy atom. The molecule has 4 heteroatoms. The van der Waals surface area contributed by atoms with Gasteiger partial charge in [0, 0.05) is 23.0 Å². The first-order chi connectivity index (χ1) is 9.65. The van der Waals surface area contributed by atoms with Gasteiger partial charge in [-0.15, -0.1) is 0 Å². The first-order valence-electron chi connectivity index (χ1n) is 6.31. The molecule has 0 radical (unpaired) electrons. The molecule has 3 rings (SSSR count). The third-order valence-electron chi connectivity index (χ3n) is 3.27. The van der Waals surface area contributed by atoms with Crippen LogP contribution in [0.5, 0.6) is 0 Å². The molecule has 0 aliphatic heterocycles. The largest absolute Gasteiger partial charge is 0.399 e. The summed E-state index contributed by atoms with van der Waals surface area (Å²) in [4.78, 5) is 4.41. The number of hydrogen-bond donors (Lipinski definition) is 2. The second-order valence-electron chi connectivity index (χ2n) is 4.69. The van der Waals surface area contributed by atoms with Crippen molar-refractivity contribution in [3.63, 3.8) is 0 Å². The van der Waals surface area contributed by atoms with E-state index in [1.807, 2.05) is 49.4 Å². The lowest BCUT2D eigenvalue weighted by atomic mass is 10.1. The van der Waals surface area contributed by atoms with E-state index in [-0.39, 0.29) is 0 Å². The van der Waals surface area contributed by atoms with Gasteiger partial charge >= 0.3 is 0 Å². The van der Waals surface area contributed by atoms with E-state index < -0.39 is 0 Å². The molecule has 0 amide bonds. The smallest absolute Gasteiger partial charge is 0.0951 e. The fourth-order valence-corrected chi connectivity index (χ4v) is 2.36. The monoisotopic (exact) mass is 283 g/mol. The van der Waals surface area contributed by atoms with E-state index in [0.717, 1.165) is 33.5 Å². The third kappa shape index (κ3) is 2.28. The average molecular weight is 284 g/mol. The average Bonchev–Trinajstić information content (AvgIpc) is 2.46. The predicted molar refractivity (Wildman–Crippen MR) is 85.6 cm³/mol. The van der Waals surface area contributed by atoms with Crippen molar-refractivity contribution >= 4 is 39.6 Å². The minimum absolute atomic E-state index is 0.701. The van der Waals surface area contributed by atoms with Gasteiger partial charge in [-0.1, -0.05) is 11.6 Å². The fourth-order valence-electron chi connectivity index (χ4n) is 2.15. The van der Waals surface area contributed by atoms with Crippen LogP contribution < -0.4 is 11.1 Å². The Balaban J connectivity index is 2.06. The van der Waals surface area contributed by atoms with E-state index in [0.29, 0.717) is 5.02 Å². The molecule has 0 fully saturated rings. The van der Waals surface area contributed by atoms with Gasteiger partial charge in [0.1, 0.15) is 0 Å². The molecule has 1 heterocycles. The van der Waals surface area contributed by atoms with Crippen molar-refractivity contribution in [3.05, 3.63) is 59.2 Å². The number of nitrogens with two attached hydrogens (primary N) is 1. The summed E-state index contributed by atoms with van der Waals surface area (Å²) >= 11 is 6.19. The number of nitrogens with zero attached hydrogens (tertiary/aromatic N) is 1. The molecule has 3 nitrogen and oxygen atoms in total. The van der Waals surface area contributed by atoms with Crippen LogP contribution in [-0.2, 0) is 0 Å². The molecule has 2 aromatic carbocycles. The Hall–Kier alpha value is -2.26. The van der Waals surface area contributed by atoms with Gasteiger partial charge in [0.15, 0.2) is 0 Å². The highest BCUT2D eigenvalue weighted by Gasteiger charge is 2.06. The van der Waals surface area contributed by atoms with E-state index >= 15 is 0 Å². The van der Waals surface area contributed by atoms with Gasteiger partial charge in [-0.25, -0.2) is 0 Å². The van der Waals surface area contributed by atoms with Crippen LogP contribution in [0.15, 0.2) is 48.7 Å². The number of anilines is 3. The van der Waals surface area contributed by atoms with Gasteiger partial charge in [-0.3, -0.25) is 4.98 Å². The van der Waals surface area contributed by atoms with E-state index in [1.165, 1.54) is 0 Å². The maximum Gasteiger partial charge on any atom is 0.0951 e. The Morgan fingerprint density at radius 2 is 2.00 bits per heavy atom. The summed E-state index contributed by atoms with van der Waals surface area (Å²) in [7, 11) is 0. The lowest BCUT2D eigenvalue weighted by Crippen LogP contribution is -1.95. The quantitative estimate of drug-likeness (QED) is 0.680. The van der Waals surface area contributed by atoms with Crippen molar-refractivity contribution in [3.8, 4) is 0 Å². The number of aryl methyl sites for hydroxylation is 1. The SMILES string of the molecule is Cc1cc(Nc2ccc(Cl)c3cccnc23)ccc1N. The summed E-state index contributed by atoms with van der Waals surface area (Å²) in [6.07, 6.45) is 1.76. The van der Waals surface area contributed by atoms with Crippen LogP contribution in [0.3, 0.4) is 0 Å². The second kappa shape index (κ2) is 5.02. The van der Waals surface area contributed by atoms with Crippen LogP contribution in [0.4, 0.5) is 17.1 Å². The molecule has 3 aromatic rings. The molecular weight excluding hydrogens is 270 g/mol. The minimum atomic E-state index is 0.701. The molecule has 100 valence electrons. The molecule has 20 heavy (non-hydrogen) atoms. The first-order valence-corrected chi connectivity index (χ1v) is 6.69. The highest BCUT2D eigenvalue weighted by Crippen LogP contribution is 2.30. The number of rotatable bonds is 2. The molecule has 3 N–H and O–H groups in total. The second-order valence-corrected chi connectivity index (χ2v) is 5.10. The lowest BCUT2D eigenvalue weighted by molar-refractivity contribution is 1.40. The summed E-state index contributed by atoms with van der Waals surface area (Å²) in [6, 6.07) is 13.5. The summed E-state index contributed by atoms with van der Waals surface area (Å²) in [6.45, 7) is 1.98. The highest BCUT2D eigenvalue weighted by atomic mass is 35.5. The molecule has 0 aliphatic carbocycles. The van der Waals surface area contributed by atoms with Gasteiger partial charge in [0.2, 0.25) is 0 Å². The van der Waals surface area contributed by atoms with E-state index in [9.17, 15) is 0 Å². The van der Waals surface area contributed by atoms with Crippen LogP contribution in [0.25, 0.3) is 10.9 Å². The van der Waals surface area contributed by atoms with Crippen LogP contribution in [0, 0.1) is 6.92 Å². The predicted octanol–water partition coefficient (Wildman–Crippen LogP) is 4.52. The third-order valence-corrected chi connectivity index (χ3v) is 3.59. The maximum absolute atomic E-state index is 6.19. The van der Waals surface area contributed by atoms with Gasteiger partial charge in [-0.2, -0.15) is 0 Å². The van der Waals surface area contributed by atoms with Crippen molar-refractivity contribution in [1.82, 2.24) is 4.98 Å². The molecule has 0 spiro atoms.